The number of carbonyl (C=O) groups is 1. The van der Waals surface area contributed by atoms with Gasteiger partial charge in [0.1, 0.15) is 0 Å². The van der Waals surface area contributed by atoms with E-state index >= 15 is 0 Å². The van der Waals surface area contributed by atoms with Gasteiger partial charge in [-0.25, -0.2) is 0 Å². The third kappa shape index (κ3) is 1.24. The van der Waals surface area contributed by atoms with Crippen molar-refractivity contribution in [3.63, 3.8) is 0 Å². The Labute approximate surface area is 102 Å². The van der Waals surface area contributed by atoms with Crippen LogP contribution in [0.2, 0.25) is 0 Å². The lowest BCUT2D eigenvalue weighted by Crippen LogP contribution is -1.96. The van der Waals surface area contributed by atoms with Gasteiger partial charge in [-0.3, -0.25) is 4.79 Å². The summed E-state index contributed by atoms with van der Waals surface area (Å²) in [4.78, 5) is 13.0. The van der Waals surface area contributed by atoms with Gasteiger partial charge in [0.05, 0.1) is 0 Å². The number of hydrogen-bond acceptors (Lipinski definition) is 2. The molecule has 16 heavy (non-hydrogen) atoms. The van der Waals surface area contributed by atoms with Crippen LogP contribution in [0.4, 0.5) is 0 Å². The van der Waals surface area contributed by atoms with E-state index in [1.165, 1.54) is 0 Å². The van der Waals surface area contributed by atoms with Gasteiger partial charge >= 0.3 is 0 Å². The molecule has 2 aromatic carbocycles. The molecule has 0 atom stereocenters. The summed E-state index contributed by atoms with van der Waals surface area (Å²) in [6, 6.07) is 13.4. The second kappa shape index (κ2) is 3.65. The van der Waals surface area contributed by atoms with Crippen molar-refractivity contribution in [1.29, 1.82) is 0 Å². The maximum absolute atomic E-state index is 12.2. The zero-order chi connectivity index (χ0) is 11.1. The average molecular weight is 247 g/mol. The molecule has 0 heterocycles. The molecule has 0 radical (unpaired) electrons. The van der Waals surface area contributed by atoms with Crippen LogP contribution in [0.1, 0.15) is 15.9 Å². The maximum Gasteiger partial charge on any atom is 0.195 e. The Balaban J connectivity index is 2.37. The van der Waals surface area contributed by atoms with Gasteiger partial charge in [0.25, 0.3) is 0 Å². The summed E-state index contributed by atoms with van der Waals surface area (Å²) in [7, 11) is 6.88. The van der Waals surface area contributed by atoms with Crippen LogP contribution in [0, 0.1) is 0 Å². The molecule has 1 aliphatic carbocycles. The molecule has 1 aliphatic rings. The smallest absolute Gasteiger partial charge is 0.195 e. The Bertz CT molecular complexity index is 592. The maximum atomic E-state index is 12.2. The zero-order valence-electron chi connectivity index (χ0n) is 8.24. The van der Waals surface area contributed by atoms with Crippen molar-refractivity contribution in [1.82, 2.24) is 0 Å². The average Bonchev–Trinajstić information content (AvgIpc) is 2.64. The van der Waals surface area contributed by atoms with E-state index in [1.807, 2.05) is 42.5 Å². The molecule has 0 amide bonds. The van der Waals surface area contributed by atoms with E-state index in [1.54, 1.807) is 0 Å². The Kier molecular flexibility index (Phi) is 2.27. The first-order chi connectivity index (χ1) is 7.83. The van der Waals surface area contributed by atoms with Crippen LogP contribution in [0.15, 0.2) is 47.4 Å². The first kappa shape index (κ1) is 9.94. The Morgan fingerprint density at radius 1 is 0.875 bits per heavy atom. The number of fused-ring (bicyclic) bond motifs is 3. The van der Waals surface area contributed by atoms with Gasteiger partial charge in [0.15, 0.2) is 5.78 Å². The van der Waals surface area contributed by atoms with Crippen molar-refractivity contribution in [3.8, 4) is 11.1 Å². The molecule has 0 aliphatic heterocycles. The molecule has 1 nitrogen and oxygen atoms in total. The molecule has 0 saturated heterocycles. The standard InChI is InChI=1S/C13H7ClOS/c14-16-11-7-3-6-9-8-4-1-2-5-10(8)13(15)12(9)11/h1-7H. The van der Waals surface area contributed by atoms with Crippen molar-refractivity contribution < 1.29 is 4.79 Å². The van der Waals surface area contributed by atoms with Crippen molar-refractivity contribution in [2.24, 2.45) is 0 Å². The summed E-state index contributed by atoms with van der Waals surface area (Å²) in [5.41, 5.74) is 3.51. The summed E-state index contributed by atoms with van der Waals surface area (Å²) in [5.74, 6) is 0.0781. The molecule has 3 heteroatoms. The number of rotatable bonds is 1. The van der Waals surface area contributed by atoms with Gasteiger partial charge in [-0.05, 0) is 38.9 Å². The van der Waals surface area contributed by atoms with Crippen LogP contribution < -0.4 is 0 Å². The largest absolute Gasteiger partial charge is 0.289 e. The molecule has 78 valence electrons. The van der Waals surface area contributed by atoms with Gasteiger partial charge in [-0.2, -0.15) is 0 Å². The van der Waals surface area contributed by atoms with E-state index in [4.69, 9.17) is 10.7 Å². The lowest BCUT2D eigenvalue weighted by atomic mass is 10.1. The Morgan fingerprint density at radius 2 is 1.56 bits per heavy atom. The van der Waals surface area contributed by atoms with Crippen molar-refractivity contribution in [3.05, 3.63) is 53.6 Å². The minimum atomic E-state index is 0.0781. The number of hydrogen-bond donors (Lipinski definition) is 0. The van der Waals surface area contributed by atoms with Crippen LogP contribution in [0.5, 0.6) is 0 Å². The fourth-order valence-electron chi connectivity index (χ4n) is 2.10. The first-order valence-corrected chi connectivity index (χ1v) is 6.53. The van der Waals surface area contributed by atoms with Crippen LogP contribution in [-0.2, 0) is 0 Å². The van der Waals surface area contributed by atoms with Gasteiger partial charge in [0, 0.05) is 16.0 Å². The molecule has 0 spiro atoms. The monoisotopic (exact) mass is 246 g/mol. The molecule has 0 unspecified atom stereocenters. The van der Waals surface area contributed by atoms with E-state index in [2.05, 4.69) is 0 Å². The predicted molar refractivity (Wildman–Crippen MR) is 67.0 cm³/mol. The number of ketones is 1. The van der Waals surface area contributed by atoms with Crippen LogP contribution in [-0.4, -0.2) is 5.78 Å². The number of halogens is 1. The second-order valence-electron chi connectivity index (χ2n) is 3.63. The Morgan fingerprint density at radius 3 is 2.31 bits per heavy atom. The molecular weight excluding hydrogens is 240 g/mol. The van der Waals surface area contributed by atoms with Crippen LogP contribution in [0.25, 0.3) is 11.1 Å². The summed E-state index contributed by atoms with van der Waals surface area (Å²) < 4.78 is 0. The minimum Gasteiger partial charge on any atom is -0.289 e. The van der Waals surface area contributed by atoms with E-state index in [0.717, 1.165) is 38.1 Å². The van der Waals surface area contributed by atoms with E-state index in [9.17, 15) is 4.79 Å². The number of benzene rings is 2. The molecule has 0 bridgehead atoms. The summed E-state index contributed by atoms with van der Waals surface area (Å²) in [5, 5.41) is 0. The van der Waals surface area contributed by atoms with Crippen LogP contribution in [0.3, 0.4) is 0 Å². The highest BCUT2D eigenvalue weighted by Crippen LogP contribution is 2.41. The second-order valence-corrected chi connectivity index (χ2v) is 4.69. The first-order valence-electron chi connectivity index (χ1n) is 4.88. The van der Waals surface area contributed by atoms with Crippen molar-refractivity contribution >= 4 is 27.4 Å². The normalized spacial score (nSPS) is 12.4. The van der Waals surface area contributed by atoms with Crippen molar-refractivity contribution in [2.75, 3.05) is 0 Å². The van der Waals surface area contributed by atoms with E-state index < -0.39 is 0 Å². The lowest BCUT2D eigenvalue weighted by Gasteiger charge is -2.02. The fraction of sp³-hybridized carbons (Fsp3) is 0. The summed E-state index contributed by atoms with van der Waals surface area (Å²) in [6.45, 7) is 0. The predicted octanol–water partition coefficient (Wildman–Crippen LogP) is 4.14. The van der Waals surface area contributed by atoms with Gasteiger partial charge in [-0.15, -0.1) is 0 Å². The van der Waals surface area contributed by atoms with Crippen LogP contribution >= 0.6 is 21.7 Å². The molecule has 0 saturated carbocycles. The van der Waals surface area contributed by atoms with Gasteiger partial charge in [-0.1, -0.05) is 36.4 Å². The quantitative estimate of drug-likeness (QED) is 0.642. The number of carbonyl (C=O) groups excluding carboxylic acids is 1. The topological polar surface area (TPSA) is 17.1 Å². The third-order valence-electron chi connectivity index (χ3n) is 2.80. The van der Waals surface area contributed by atoms with E-state index in [-0.39, 0.29) is 5.78 Å². The Hall–Kier alpha value is -1.25. The molecule has 0 N–H and O–H groups in total. The third-order valence-corrected chi connectivity index (χ3v) is 3.80. The molecule has 3 rings (SSSR count). The summed E-state index contributed by atoms with van der Waals surface area (Å²) >= 11 is 0. The van der Waals surface area contributed by atoms with Crippen molar-refractivity contribution in [2.45, 2.75) is 4.90 Å². The van der Waals surface area contributed by atoms with E-state index in [0.29, 0.717) is 0 Å². The lowest BCUT2D eigenvalue weighted by molar-refractivity contribution is 0.104. The molecular formula is C13H7ClOS. The highest BCUT2D eigenvalue weighted by atomic mass is 35.7. The zero-order valence-corrected chi connectivity index (χ0v) is 9.81. The summed E-state index contributed by atoms with van der Waals surface area (Å²) in [6.07, 6.45) is 0. The molecule has 0 fully saturated rings. The van der Waals surface area contributed by atoms with Gasteiger partial charge < -0.3 is 0 Å². The minimum absolute atomic E-state index is 0.0781. The highest BCUT2D eigenvalue weighted by molar-refractivity contribution is 8.21. The molecule has 2 aromatic rings. The van der Waals surface area contributed by atoms with Gasteiger partial charge in [0.2, 0.25) is 0 Å². The highest BCUT2D eigenvalue weighted by Gasteiger charge is 2.28. The fourth-order valence-corrected chi connectivity index (χ4v) is 2.90. The molecule has 0 aromatic heterocycles. The SMILES string of the molecule is O=C1c2ccccc2-c2cccc(SCl)c21.